The molecule has 2 aromatic carbocycles. The van der Waals surface area contributed by atoms with Crippen molar-refractivity contribution in [3.05, 3.63) is 71.8 Å². The van der Waals surface area contributed by atoms with Gasteiger partial charge < -0.3 is 19.7 Å². The van der Waals surface area contributed by atoms with Gasteiger partial charge in [0.05, 0.1) is 7.11 Å². The number of rotatable bonds is 5. The molecule has 2 aliphatic rings. The Morgan fingerprint density at radius 1 is 1.03 bits per heavy atom. The first kappa shape index (κ1) is 26.1. The summed E-state index contributed by atoms with van der Waals surface area (Å²) >= 11 is 0. The number of nitrogens with zero attached hydrogens (tertiary/aromatic N) is 4. The number of alkyl halides is 3. The lowest BCUT2D eigenvalue weighted by atomic mass is 9.89. The number of hydrogen-bond donors (Lipinski definition) is 2. The maximum absolute atomic E-state index is 12.7. The van der Waals surface area contributed by atoms with Gasteiger partial charge in [0.25, 0.3) is 5.91 Å². The fourth-order valence-corrected chi connectivity index (χ4v) is 4.62. The van der Waals surface area contributed by atoms with Crippen molar-refractivity contribution in [2.45, 2.75) is 25.7 Å². The van der Waals surface area contributed by atoms with Crippen LogP contribution in [0.15, 0.2) is 54.6 Å². The van der Waals surface area contributed by atoms with Gasteiger partial charge in [-0.2, -0.15) is 13.2 Å². The predicted molar refractivity (Wildman–Crippen MR) is 127 cm³/mol. The van der Waals surface area contributed by atoms with Crippen LogP contribution in [0.25, 0.3) is 0 Å². The molecule has 5 rings (SSSR count). The maximum atomic E-state index is 12.7. The minimum atomic E-state index is -5.08. The number of likely N-dealkylation sites (tertiary alicyclic amines) is 1. The van der Waals surface area contributed by atoms with E-state index in [1.807, 2.05) is 47.0 Å². The molecule has 2 N–H and O–H groups in total. The molecule has 2 atom stereocenters. The number of carbonyl (C=O) groups excluding carboxylic acids is 1. The third kappa shape index (κ3) is 6.45. The number of carbonyl (C=O) groups is 2. The normalized spacial score (nSPS) is 18.7. The number of fused-ring (bicyclic) bond motifs is 2. The first-order valence-electron chi connectivity index (χ1n) is 11.6. The average molecular weight is 518 g/mol. The van der Waals surface area contributed by atoms with Crippen molar-refractivity contribution < 1.29 is 32.6 Å². The SMILES string of the molecule is COc1ccc(CN2CC3Cc4nnc(C(=O)Nc5ccccc5)n4CC3C2)cc1.O=C(O)C(F)(F)F. The number of hydrogen-bond acceptors (Lipinski definition) is 6. The highest BCUT2D eigenvalue weighted by Crippen LogP contribution is 2.33. The summed E-state index contributed by atoms with van der Waals surface area (Å²) in [6.45, 7) is 3.80. The minimum absolute atomic E-state index is 0.202. The highest BCUT2D eigenvalue weighted by Gasteiger charge is 2.39. The molecule has 3 aromatic rings. The Kier molecular flexibility index (Phi) is 7.77. The van der Waals surface area contributed by atoms with Crippen LogP contribution in [0.2, 0.25) is 0 Å². The van der Waals surface area contributed by atoms with E-state index in [0.717, 1.165) is 49.9 Å². The summed E-state index contributed by atoms with van der Waals surface area (Å²) in [5, 5.41) is 18.6. The molecule has 2 aliphatic heterocycles. The van der Waals surface area contributed by atoms with Crippen LogP contribution in [-0.4, -0.2) is 63.0 Å². The molecule has 1 saturated heterocycles. The zero-order chi connectivity index (χ0) is 26.6. The zero-order valence-corrected chi connectivity index (χ0v) is 20.0. The summed E-state index contributed by atoms with van der Waals surface area (Å²) in [6.07, 6.45) is -4.21. The summed E-state index contributed by atoms with van der Waals surface area (Å²) in [4.78, 5) is 24.1. The molecule has 1 aromatic heterocycles. The minimum Gasteiger partial charge on any atom is -0.497 e. The van der Waals surface area contributed by atoms with Crippen LogP contribution in [0.1, 0.15) is 22.0 Å². The summed E-state index contributed by atoms with van der Waals surface area (Å²) in [5.41, 5.74) is 2.05. The van der Waals surface area contributed by atoms with Gasteiger partial charge in [0.15, 0.2) is 0 Å². The predicted octanol–water partition coefficient (Wildman–Crippen LogP) is 3.48. The second-order valence-electron chi connectivity index (χ2n) is 8.94. The number of methoxy groups -OCH3 is 1. The van der Waals surface area contributed by atoms with Crippen LogP contribution in [0.4, 0.5) is 18.9 Å². The van der Waals surface area contributed by atoms with Crippen molar-refractivity contribution >= 4 is 17.6 Å². The molecule has 9 nitrogen and oxygen atoms in total. The van der Waals surface area contributed by atoms with Crippen LogP contribution in [-0.2, 0) is 24.3 Å². The van der Waals surface area contributed by atoms with E-state index in [1.54, 1.807) is 7.11 Å². The van der Waals surface area contributed by atoms with Gasteiger partial charge in [-0.25, -0.2) is 4.79 Å². The molecule has 0 saturated carbocycles. The van der Waals surface area contributed by atoms with Crippen LogP contribution >= 0.6 is 0 Å². The van der Waals surface area contributed by atoms with Gasteiger partial charge in [0, 0.05) is 38.3 Å². The van der Waals surface area contributed by atoms with E-state index < -0.39 is 12.1 Å². The molecule has 0 bridgehead atoms. The van der Waals surface area contributed by atoms with Gasteiger partial charge in [-0.05, 0) is 41.7 Å². The number of anilines is 1. The number of para-hydroxylation sites is 1. The van der Waals surface area contributed by atoms with E-state index in [0.29, 0.717) is 17.7 Å². The van der Waals surface area contributed by atoms with Gasteiger partial charge in [-0.3, -0.25) is 9.69 Å². The summed E-state index contributed by atoms with van der Waals surface area (Å²) < 4.78 is 39.0. The number of aliphatic carboxylic acids is 1. The van der Waals surface area contributed by atoms with Gasteiger partial charge >= 0.3 is 12.1 Å². The van der Waals surface area contributed by atoms with Crippen molar-refractivity contribution in [1.82, 2.24) is 19.7 Å². The van der Waals surface area contributed by atoms with E-state index in [9.17, 15) is 18.0 Å². The van der Waals surface area contributed by atoms with Crippen LogP contribution < -0.4 is 10.1 Å². The Morgan fingerprint density at radius 2 is 1.68 bits per heavy atom. The zero-order valence-electron chi connectivity index (χ0n) is 20.0. The number of carboxylic acids is 1. The summed E-state index contributed by atoms with van der Waals surface area (Å²) in [7, 11) is 1.69. The van der Waals surface area contributed by atoms with Crippen LogP contribution in [0.3, 0.4) is 0 Å². The molecule has 2 unspecified atom stereocenters. The Bertz CT molecular complexity index is 1230. The van der Waals surface area contributed by atoms with E-state index in [4.69, 9.17) is 14.6 Å². The molecule has 3 heterocycles. The lowest BCUT2D eigenvalue weighted by molar-refractivity contribution is -0.192. The summed E-state index contributed by atoms with van der Waals surface area (Å²) in [5.74, 6) is 0.314. The molecule has 37 heavy (non-hydrogen) atoms. The highest BCUT2D eigenvalue weighted by atomic mass is 19.4. The highest BCUT2D eigenvalue weighted by molar-refractivity contribution is 6.01. The molecule has 12 heteroatoms. The first-order chi connectivity index (χ1) is 17.6. The van der Waals surface area contributed by atoms with Crippen molar-refractivity contribution in [2.24, 2.45) is 11.8 Å². The summed E-state index contributed by atoms with van der Waals surface area (Å²) in [6, 6.07) is 17.7. The Balaban J connectivity index is 0.000000405. The van der Waals surface area contributed by atoms with Crippen LogP contribution in [0.5, 0.6) is 5.75 Å². The number of ether oxygens (including phenoxy) is 1. The van der Waals surface area contributed by atoms with Crippen LogP contribution in [0, 0.1) is 11.8 Å². The Morgan fingerprint density at radius 3 is 2.30 bits per heavy atom. The third-order valence-corrected chi connectivity index (χ3v) is 6.38. The Labute approximate surface area is 210 Å². The number of amides is 1. The first-order valence-corrected chi connectivity index (χ1v) is 11.6. The van der Waals surface area contributed by atoms with Crippen molar-refractivity contribution in [2.75, 3.05) is 25.5 Å². The lowest BCUT2D eigenvalue weighted by Gasteiger charge is -2.25. The molecule has 1 fully saturated rings. The number of halogens is 3. The van der Waals surface area contributed by atoms with Gasteiger partial charge in [-0.15, -0.1) is 10.2 Å². The lowest BCUT2D eigenvalue weighted by Crippen LogP contribution is -2.31. The fraction of sp³-hybridized carbons (Fsp3) is 0.360. The smallest absolute Gasteiger partial charge is 0.490 e. The molecule has 0 aliphatic carbocycles. The fourth-order valence-electron chi connectivity index (χ4n) is 4.62. The van der Waals surface area contributed by atoms with Crippen molar-refractivity contribution in [1.29, 1.82) is 0 Å². The average Bonchev–Trinajstić information content (AvgIpc) is 3.46. The van der Waals surface area contributed by atoms with E-state index in [-0.39, 0.29) is 5.91 Å². The Hall–Kier alpha value is -3.93. The molecular weight excluding hydrogens is 491 g/mol. The largest absolute Gasteiger partial charge is 0.497 e. The van der Waals surface area contributed by atoms with E-state index in [2.05, 4.69) is 32.5 Å². The van der Waals surface area contributed by atoms with Gasteiger partial charge in [0.2, 0.25) is 5.82 Å². The molecule has 196 valence electrons. The number of carboxylic acid groups (broad SMARTS) is 1. The third-order valence-electron chi connectivity index (χ3n) is 6.38. The van der Waals surface area contributed by atoms with Gasteiger partial charge in [0.1, 0.15) is 11.6 Å². The standard InChI is InChI=1S/C23H25N5O2.C2HF3O2/c1-30-20-9-7-16(8-10-20)12-27-13-17-11-21-25-26-22(28(21)15-18(17)14-27)23(29)24-19-5-3-2-4-6-19;3-2(4,5)1(6)7/h2-10,17-18H,11-15H2,1H3,(H,24,29);(H,6,7). The number of nitrogens with one attached hydrogen (secondary N) is 1. The monoisotopic (exact) mass is 517 g/mol. The molecule has 0 spiro atoms. The van der Waals surface area contributed by atoms with Gasteiger partial charge in [-0.1, -0.05) is 30.3 Å². The van der Waals surface area contributed by atoms with E-state index in [1.165, 1.54) is 5.56 Å². The van der Waals surface area contributed by atoms with Crippen molar-refractivity contribution in [3.63, 3.8) is 0 Å². The second kappa shape index (κ2) is 11.0. The maximum Gasteiger partial charge on any atom is 0.490 e. The van der Waals surface area contributed by atoms with Crippen molar-refractivity contribution in [3.8, 4) is 5.75 Å². The molecule has 0 radical (unpaired) electrons. The topological polar surface area (TPSA) is 110 Å². The quantitative estimate of drug-likeness (QED) is 0.533. The second-order valence-corrected chi connectivity index (χ2v) is 8.94. The number of benzene rings is 2. The molecule has 1 amide bonds. The van der Waals surface area contributed by atoms with E-state index >= 15 is 0 Å². The number of aromatic nitrogens is 3. The molecular formula is C25H26F3N5O4.